The van der Waals surface area contributed by atoms with Gasteiger partial charge in [0.1, 0.15) is 11.8 Å². The van der Waals surface area contributed by atoms with E-state index in [1.165, 1.54) is 27.1 Å². The molecule has 2 heterocycles. The molecule has 0 saturated heterocycles. The fourth-order valence-corrected chi connectivity index (χ4v) is 4.95. The van der Waals surface area contributed by atoms with E-state index < -0.39 is 0 Å². The zero-order valence-corrected chi connectivity index (χ0v) is 18.7. The molecule has 0 radical (unpaired) electrons. The van der Waals surface area contributed by atoms with Gasteiger partial charge in [0.05, 0.1) is 0 Å². The van der Waals surface area contributed by atoms with Crippen molar-refractivity contribution in [3.05, 3.63) is 116 Å². The van der Waals surface area contributed by atoms with Gasteiger partial charge in [0.25, 0.3) is 0 Å². The van der Waals surface area contributed by atoms with Crippen molar-refractivity contribution in [3.63, 3.8) is 0 Å². The summed E-state index contributed by atoms with van der Waals surface area (Å²) in [6, 6.07) is 33.4. The number of para-hydroxylation sites is 2. The Morgan fingerprint density at radius 2 is 1.00 bits per heavy atom. The zero-order chi connectivity index (χ0) is 23.2. The van der Waals surface area contributed by atoms with Gasteiger partial charge >= 0.3 is 0 Å². The van der Waals surface area contributed by atoms with Gasteiger partial charge in [-0.15, -0.1) is 0 Å². The standard InChI is InChI=1S/C31H19N3O/c1-3-9-25-23(7-1)29(24-8-2-4-10-26(24)30(25)22-17-32-19-33-18-22)20-13-15-21(16-14-20)31-34-27-11-5-6-12-28(27)35-31/h1-19H. The third-order valence-electron chi connectivity index (χ3n) is 6.50. The summed E-state index contributed by atoms with van der Waals surface area (Å²) in [4.78, 5) is 13.2. The molecule has 0 fully saturated rings. The van der Waals surface area contributed by atoms with E-state index in [0.29, 0.717) is 5.89 Å². The minimum absolute atomic E-state index is 0.631. The maximum Gasteiger partial charge on any atom is 0.227 e. The molecule has 0 aliphatic carbocycles. The zero-order valence-electron chi connectivity index (χ0n) is 18.7. The molecular weight excluding hydrogens is 430 g/mol. The highest BCUT2D eigenvalue weighted by Gasteiger charge is 2.17. The lowest BCUT2D eigenvalue weighted by atomic mass is 9.86. The van der Waals surface area contributed by atoms with Gasteiger partial charge in [-0.3, -0.25) is 0 Å². The van der Waals surface area contributed by atoms with Gasteiger partial charge in [-0.2, -0.15) is 0 Å². The molecule has 0 saturated carbocycles. The topological polar surface area (TPSA) is 51.8 Å². The first-order valence-electron chi connectivity index (χ1n) is 11.5. The van der Waals surface area contributed by atoms with Gasteiger partial charge in [-0.05, 0) is 56.9 Å². The van der Waals surface area contributed by atoms with E-state index in [1.807, 2.05) is 36.7 Å². The van der Waals surface area contributed by atoms with Crippen LogP contribution in [0.25, 0.3) is 66.4 Å². The minimum Gasteiger partial charge on any atom is -0.436 e. The molecule has 4 nitrogen and oxygen atoms in total. The second-order valence-electron chi connectivity index (χ2n) is 8.53. The summed E-state index contributed by atoms with van der Waals surface area (Å²) in [5, 5.41) is 4.75. The van der Waals surface area contributed by atoms with E-state index in [0.717, 1.165) is 33.4 Å². The van der Waals surface area contributed by atoms with Crippen LogP contribution >= 0.6 is 0 Å². The molecule has 2 aromatic heterocycles. The van der Waals surface area contributed by atoms with Crippen LogP contribution in [0.15, 0.2) is 120 Å². The highest BCUT2D eigenvalue weighted by Crippen LogP contribution is 2.43. The highest BCUT2D eigenvalue weighted by atomic mass is 16.3. The monoisotopic (exact) mass is 449 g/mol. The number of nitrogens with zero attached hydrogens (tertiary/aromatic N) is 3. The predicted molar refractivity (Wildman–Crippen MR) is 141 cm³/mol. The van der Waals surface area contributed by atoms with Crippen molar-refractivity contribution < 1.29 is 4.42 Å². The summed E-state index contributed by atoms with van der Waals surface area (Å²) < 4.78 is 5.98. The van der Waals surface area contributed by atoms with Crippen LogP contribution in [0, 0.1) is 0 Å². The molecular formula is C31H19N3O. The molecule has 5 aromatic carbocycles. The Morgan fingerprint density at radius 3 is 1.60 bits per heavy atom. The van der Waals surface area contributed by atoms with Crippen LogP contribution in [-0.2, 0) is 0 Å². The smallest absolute Gasteiger partial charge is 0.227 e. The molecule has 164 valence electrons. The fourth-order valence-electron chi connectivity index (χ4n) is 4.95. The maximum absolute atomic E-state index is 5.98. The summed E-state index contributed by atoms with van der Waals surface area (Å²) in [6.07, 6.45) is 5.34. The first-order chi connectivity index (χ1) is 17.4. The molecule has 35 heavy (non-hydrogen) atoms. The predicted octanol–water partition coefficient (Wildman–Crippen LogP) is 7.93. The van der Waals surface area contributed by atoms with E-state index in [9.17, 15) is 0 Å². The quantitative estimate of drug-likeness (QED) is 0.257. The lowest BCUT2D eigenvalue weighted by molar-refractivity contribution is 0.620. The van der Waals surface area contributed by atoms with Crippen LogP contribution in [0.1, 0.15) is 0 Å². The van der Waals surface area contributed by atoms with Gasteiger partial charge in [0, 0.05) is 29.1 Å². The number of hydrogen-bond acceptors (Lipinski definition) is 4. The Bertz CT molecular complexity index is 1750. The molecule has 0 aliphatic rings. The van der Waals surface area contributed by atoms with Gasteiger partial charge in [0.15, 0.2) is 5.58 Å². The van der Waals surface area contributed by atoms with Crippen LogP contribution in [0.2, 0.25) is 0 Å². The van der Waals surface area contributed by atoms with Crippen LogP contribution in [0.5, 0.6) is 0 Å². The SMILES string of the molecule is c1ccc2oc(-c3ccc(-c4c5ccccc5c(-c5cncnc5)c5ccccc45)cc3)nc2c1. The van der Waals surface area contributed by atoms with Crippen LogP contribution in [0.3, 0.4) is 0 Å². The molecule has 7 aromatic rings. The third-order valence-corrected chi connectivity index (χ3v) is 6.50. The first-order valence-corrected chi connectivity index (χ1v) is 11.5. The van der Waals surface area contributed by atoms with E-state index >= 15 is 0 Å². The summed E-state index contributed by atoms with van der Waals surface area (Å²) in [5.74, 6) is 0.631. The second kappa shape index (κ2) is 7.89. The Kier molecular flexibility index (Phi) is 4.42. The average molecular weight is 450 g/mol. The van der Waals surface area contributed by atoms with Gasteiger partial charge in [0.2, 0.25) is 5.89 Å². The maximum atomic E-state index is 5.98. The number of oxazole rings is 1. The number of hydrogen-bond donors (Lipinski definition) is 0. The van der Waals surface area contributed by atoms with Crippen molar-refractivity contribution in [1.82, 2.24) is 15.0 Å². The molecule has 4 heteroatoms. The second-order valence-corrected chi connectivity index (χ2v) is 8.53. The molecule has 0 N–H and O–H groups in total. The Morgan fingerprint density at radius 1 is 0.486 bits per heavy atom. The molecule has 0 spiro atoms. The number of rotatable bonds is 3. The van der Waals surface area contributed by atoms with Crippen LogP contribution < -0.4 is 0 Å². The fraction of sp³-hybridized carbons (Fsp3) is 0. The summed E-state index contributed by atoms with van der Waals surface area (Å²) in [6.45, 7) is 0. The molecule has 0 atom stereocenters. The van der Waals surface area contributed by atoms with Gasteiger partial charge < -0.3 is 4.42 Å². The van der Waals surface area contributed by atoms with E-state index in [-0.39, 0.29) is 0 Å². The van der Waals surface area contributed by atoms with Crippen molar-refractivity contribution in [2.45, 2.75) is 0 Å². The van der Waals surface area contributed by atoms with E-state index in [1.54, 1.807) is 6.33 Å². The van der Waals surface area contributed by atoms with Crippen molar-refractivity contribution in [2.75, 3.05) is 0 Å². The molecule has 0 amide bonds. The van der Waals surface area contributed by atoms with Crippen molar-refractivity contribution in [3.8, 4) is 33.7 Å². The van der Waals surface area contributed by atoms with Crippen molar-refractivity contribution in [1.29, 1.82) is 0 Å². The summed E-state index contributed by atoms with van der Waals surface area (Å²) in [7, 11) is 0. The summed E-state index contributed by atoms with van der Waals surface area (Å²) in [5.41, 5.74) is 7.14. The van der Waals surface area contributed by atoms with Crippen LogP contribution in [0.4, 0.5) is 0 Å². The van der Waals surface area contributed by atoms with E-state index in [4.69, 9.17) is 4.42 Å². The molecule has 7 rings (SSSR count). The van der Waals surface area contributed by atoms with Gasteiger partial charge in [-0.25, -0.2) is 15.0 Å². The van der Waals surface area contributed by atoms with Crippen LogP contribution in [-0.4, -0.2) is 15.0 Å². The Balaban J connectivity index is 1.46. The largest absolute Gasteiger partial charge is 0.436 e. The van der Waals surface area contributed by atoms with E-state index in [2.05, 4.69) is 87.7 Å². The molecule has 0 bridgehead atoms. The Hall–Kier alpha value is -4.83. The lowest BCUT2D eigenvalue weighted by Crippen LogP contribution is -1.91. The minimum atomic E-state index is 0.631. The Labute approximate surface area is 201 Å². The molecule has 0 unspecified atom stereocenters. The van der Waals surface area contributed by atoms with Crippen molar-refractivity contribution >= 4 is 32.6 Å². The first kappa shape index (κ1) is 19.6. The van der Waals surface area contributed by atoms with Gasteiger partial charge in [-0.1, -0.05) is 72.8 Å². The highest BCUT2D eigenvalue weighted by molar-refractivity contribution is 6.21. The summed E-state index contributed by atoms with van der Waals surface area (Å²) >= 11 is 0. The number of fused-ring (bicyclic) bond motifs is 3. The average Bonchev–Trinajstić information content (AvgIpc) is 3.37. The van der Waals surface area contributed by atoms with Crippen molar-refractivity contribution in [2.24, 2.45) is 0 Å². The number of aromatic nitrogens is 3. The lowest BCUT2D eigenvalue weighted by Gasteiger charge is -2.17. The third kappa shape index (κ3) is 3.19. The normalized spacial score (nSPS) is 11.4. The molecule has 0 aliphatic heterocycles. The number of benzene rings is 5.